The van der Waals surface area contributed by atoms with E-state index >= 15 is 0 Å². The van der Waals surface area contributed by atoms with Crippen molar-refractivity contribution in [3.8, 4) is 6.07 Å². The predicted molar refractivity (Wildman–Crippen MR) is 125 cm³/mol. The molecule has 2 aliphatic carbocycles. The van der Waals surface area contributed by atoms with Crippen molar-refractivity contribution in [2.24, 2.45) is 5.92 Å². The molecule has 1 saturated heterocycles. The molecule has 1 unspecified atom stereocenters. The van der Waals surface area contributed by atoms with Gasteiger partial charge in [0.2, 0.25) is 5.91 Å². The summed E-state index contributed by atoms with van der Waals surface area (Å²) < 4.78 is 0. The van der Waals surface area contributed by atoms with E-state index < -0.39 is 0 Å². The van der Waals surface area contributed by atoms with Gasteiger partial charge in [-0.15, -0.1) is 0 Å². The van der Waals surface area contributed by atoms with Gasteiger partial charge in [-0.2, -0.15) is 5.26 Å². The fourth-order valence-corrected chi connectivity index (χ4v) is 4.67. The van der Waals surface area contributed by atoms with Crippen LogP contribution >= 0.6 is 0 Å². The van der Waals surface area contributed by atoms with Gasteiger partial charge in [0.1, 0.15) is 17.7 Å². The fourth-order valence-electron chi connectivity index (χ4n) is 4.67. The Kier molecular flexibility index (Phi) is 5.30. The average Bonchev–Trinajstić information content (AvgIpc) is 3.71. The van der Waals surface area contributed by atoms with Gasteiger partial charge in [-0.05, 0) is 55.4 Å². The van der Waals surface area contributed by atoms with Crippen LogP contribution in [0.3, 0.4) is 0 Å². The average molecular weight is 429 g/mol. The second-order valence-electron chi connectivity index (χ2n) is 9.05. The maximum absolute atomic E-state index is 12.1. The highest BCUT2D eigenvalue weighted by Gasteiger charge is 2.41. The summed E-state index contributed by atoms with van der Waals surface area (Å²) in [5.41, 5.74) is 3.39. The first-order valence-corrected chi connectivity index (χ1v) is 11.4. The topological polar surface area (TPSA) is 85.2 Å². The molecule has 2 saturated carbocycles. The summed E-state index contributed by atoms with van der Waals surface area (Å²) >= 11 is 0. The molecule has 2 aromatic heterocycles. The molecule has 2 aromatic rings. The molecule has 1 atom stereocenters. The standard InChI is InChI=1S/C25H28N6O/c1-3-17-8-9-27-23(12-17)28-21-13-20(14-26)25(29-24(21)19-6-7-19)30-10-11-31(16(2)32)22(15-30)18-4-5-18/h3,8-9,12-13,18-19,22H,1,4-7,10-11,15H2,2H3,(H,27,28). The third kappa shape index (κ3) is 4.05. The van der Waals surface area contributed by atoms with Crippen molar-refractivity contribution in [1.82, 2.24) is 14.9 Å². The van der Waals surface area contributed by atoms with E-state index in [-0.39, 0.29) is 11.9 Å². The molecule has 32 heavy (non-hydrogen) atoms. The van der Waals surface area contributed by atoms with Crippen LogP contribution in [0.4, 0.5) is 17.3 Å². The molecule has 3 heterocycles. The van der Waals surface area contributed by atoms with E-state index in [1.807, 2.05) is 23.1 Å². The van der Waals surface area contributed by atoms with Gasteiger partial charge in [-0.25, -0.2) is 9.97 Å². The van der Waals surface area contributed by atoms with Crippen LogP contribution < -0.4 is 10.2 Å². The smallest absolute Gasteiger partial charge is 0.219 e. The normalized spacial score (nSPS) is 20.6. The molecule has 1 amide bonds. The van der Waals surface area contributed by atoms with E-state index in [2.05, 4.69) is 27.8 Å². The Morgan fingerprint density at radius 2 is 2.09 bits per heavy atom. The van der Waals surface area contributed by atoms with Gasteiger partial charge >= 0.3 is 0 Å². The van der Waals surface area contributed by atoms with E-state index in [1.165, 1.54) is 12.8 Å². The van der Waals surface area contributed by atoms with Gasteiger partial charge in [0.05, 0.1) is 23.0 Å². The summed E-state index contributed by atoms with van der Waals surface area (Å²) in [7, 11) is 0. The van der Waals surface area contributed by atoms with Crippen molar-refractivity contribution in [2.45, 2.75) is 44.6 Å². The molecule has 1 N–H and O–H groups in total. The lowest BCUT2D eigenvalue weighted by molar-refractivity contribution is -0.132. The Bertz CT molecular complexity index is 1100. The Labute approximate surface area is 188 Å². The zero-order chi connectivity index (χ0) is 22.2. The first kappa shape index (κ1) is 20.5. The number of hydrogen-bond acceptors (Lipinski definition) is 6. The van der Waals surface area contributed by atoms with Crippen LogP contribution in [0.2, 0.25) is 0 Å². The zero-order valence-corrected chi connectivity index (χ0v) is 18.4. The number of amides is 1. The number of carbonyl (C=O) groups is 1. The molecule has 7 heteroatoms. The Morgan fingerprint density at radius 1 is 1.28 bits per heavy atom. The molecule has 164 valence electrons. The number of anilines is 3. The number of nitrogens with zero attached hydrogens (tertiary/aromatic N) is 5. The van der Waals surface area contributed by atoms with Crippen LogP contribution in [-0.4, -0.2) is 46.5 Å². The van der Waals surface area contributed by atoms with E-state index in [4.69, 9.17) is 4.98 Å². The molecule has 0 aromatic carbocycles. The third-order valence-corrected chi connectivity index (χ3v) is 6.69. The van der Waals surface area contributed by atoms with Crippen LogP contribution in [0.15, 0.2) is 31.0 Å². The number of carbonyl (C=O) groups excluding carboxylic acids is 1. The number of nitrogens with one attached hydrogen (secondary N) is 1. The van der Waals surface area contributed by atoms with Crippen molar-refractivity contribution in [2.75, 3.05) is 29.9 Å². The van der Waals surface area contributed by atoms with Crippen molar-refractivity contribution < 1.29 is 4.79 Å². The number of hydrogen-bond donors (Lipinski definition) is 1. The lowest BCUT2D eigenvalue weighted by atomic mass is 10.1. The second-order valence-corrected chi connectivity index (χ2v) is 9.05. The van der Waals surface area contributed by atoms with Gasteiger partial charge in [0, 0.05) is 38.7 Å². The van der Waals surface area contributed by atoms with E-state index in [0.29, 0.717) is 36.3 Å². The minimum atomic E-state index is 0.141. The summed E-state index contributed by atoms with van der Waals surface area (Å²) in [6.45, 7) is 7.60. The molecule has 3 fully saturated rings. The van der Waals surface area contributed by atoms with Crippen molar-refractivity contribution in [3.05, 3.63) is 47.8 Å². The number of nitriles is 1. The molecule has 5 rings (SSSR count). The van der Waals surface area contributed by atoms with Crippen molar-refractivity contribution in [1.29, 1.82) is 5.26 Å². The molecule has 1 aliphatic heterocycles. The van der Waals surface area contributed by atoms with Gasteiger partial charge in [0.25, 0.3) is 0 Å². The van der Waals surface area contributed by atoms with Crippen LogP contribution in [0.1, 0.15) is 55.3 Å². The largest absolute Gasteiger partial charge is 0.352 e. The number of aromatic nitrogens is 2. The quantitative estimate of drug-likeness (QED) is 0.747. The number of rotatable bonds is 6. The lowest BCUT2D eigenvalue weighted by Gasteiger charge is -2.42. The van der Waals surface area contributed by atoms with Gasteiger partial charge < -0.3 is 15.1 Å². The van der Waals surface area contributed by atoms with Gasteiger partial charge in [-0.1, -0.05) is 12.7 Å². The Morgan fingerprint density at radius 3 is 2.75 bits per heavy atom. The molecular weight excluding hydrogens is 400 g/mol. The van der Waals surface area contributed by atoms with E-state index in [0.717, 1.165) is 42.1 Å². The van der Waals surface area contributed by atoms with Crippen LogP contribution in [0.25, 0.3) is 6.08 Å². The minimum absolute atomic E-state index is 0.141. The Balaban J connectivity index is 1.47. The first-order chi connectivity index (χ1) is 15.6. The van der Waals surface area contributed by atoms with Crippen LogP contribution in [0.5, 0.6) is 0 Å². The van der Waals surface area contributed by atoms with E-state index in [1.54, 1.807) is 19.2 Å². The van der Waals surface area contributed by atoms with Gasteiger partial charge in [0.15, 0.2) is 0 Å². The summed E-state index contributed by atoms with van der Waals surface area (Å²) in [4.78, 5) is 25.8. The van der Waals surface area contributed by atoms with Crippen molar-refractivity contribution in [3.63, 3.8) is 0 Å². The number of pyridine rings is 2. The highest BCUT2D eigenvalue weighted by Crippen LogP contribution is 2.45. The fraction of sp³-hybridized carbons (Fsp3) is 0.440. The molecular formula is C25H28N6O. The second kappa shape index (κ2) is 8.27. The molecule has 0 spiro atoms. The lowest BCUT2D eigenvalue weighted by Crippen LogP contribution is -2.56. The minimum Gasteiger partial charge on any atom is -0.352 e. The molecule has 7 nitrogen and oxygen atoms in total. The third-order valence-electron chi connectivity index (χ3n) is 6.69. The maximum atomic E-state index is 12.1. The molecule has 0 bridgehead atoms. The van der Waals surface area contributed by atoms with Crippen LogP contribution in [-0.2, 0) is 4.79 Å². The summed E-state index contributed by atoms with van der Waals surface area (Å²) in [5, 5.41) is 13.3. The monoisotopic (exact) mass is 428 g/mol. The predicted octanol–water partition coefficient (Wildman–Crippen LogP) is 4.06. The summed E-state index contributed by atoms with van der Waals surface area (Å²) in [6.07, 6.45) is 8.09. The number of piperazine rings is 1. The Hall–Kier alpha value is -3.40. The SMILES string of the molecule is C=Cc1ccnc(Nc2cc(C#N)c(N3CCN(C(C)=O)C(C4CC4)C3)nc2C2CC2)c1. The molecule has 0 radical (unpaired) electrons. The van der Waals surface area contributed by atoms with Crippen LogP contribution in [0, 0.1) is 17.2 Å². The molecule has 3 aliphatic rings. The highest BCUT2D eigenvalue weighted by molar-refractivity contribution is 5.74. The summed E-state index contributed by atoms with van der Waals surface area (Å²) in [5.74, 6) is 2.58. The van der Waals surface area contributed by atoms with Gasteiger partial charge in [-0.3, -0.25) is 4.79 Å². The first-order valence-electron chi connectivity index (χ1n) is 11.4. The maximum Gasteiger partial charge on any atom is 0.219 e. The van der Waals surface area contributed by atoms with Crippen molar-refractivity contribution >= 4 is 29.3 Å². The van der Waals surface area contributed by atoms with E-state index in [9.17, 15) is 10.1 Å². The highest BCUT2D eigenvalue weighted by atomic mass is 16.2. The zero-order valence-electron chi connectivity index (χ0n) is 18.4. The summed E-state index contributed by atoms with van der Waals surface area (Å²) in [6, 6.07) is 8.33.